The summed E-state index contributed by atoms with van der Waals surface area (Å²) in [6.07, 6.45) is 20.3. The number of hydrogen-bond donors (Lipinski definition) is 0. The lowest BCUT2D eigenvalue weighted by molar-refractivity contribution is -0.151. The van der Waals surface area contributed by atoms with E-state index in [1.165, 1.54) is 77.0 Å². The molecule has 0 saturated heterocycles. The van der Waals surface area contributed by atoms with Gasteiger partial charge in [-0.05, 0) is 93.8 Å². The van der Waals surface area contributed by atoms with Gasteiger partial charge in [0, 0.05) is 6.42 Å². The molecule has 0 N–H and O–H groups in total. The lowest BCUT2D eigenvalue weighted by Gasteiger charge is -2.41. The Hall–Kier alpha value is -0.530. The molecule has 3 fully saturated rings. The number of hydrogen-bond acceptors (Lipinski definition) is 2. The van der Waals surface area contributed by atoms with Crippen LogP contribution in [0.4, 0.5) is 0 Å². The van der Waals surface area contributed by atoms with Crippen molar-refractivity contribution in [3.63, 3.8) is 0 Å². The Morgan fingerprint density at radius 3 is 1.92 bits per heavy atom. The molecule has 0 aliphatic heterocycles. The molecule has 0 heterocycles. The van der Waals surface area contributed by atoms with E-state index in [0.29, 0.717) is 6.42 Å². The van der Waals surface area contributed by atoms with Crippen molar-refractivity contribution in [1.82, 2.24) is 0 Å². The first-order valence-corrected chi connectivity index (χ1v) is 11.9. The molecule has 0 aromatic rings. The summed E-state index contributed by atoms with van der Waals surface area (Å²) in [7, 11) is 0. The third kappa shape index (κ3) is 5.49. The zero-order valence-corrected chi connectivity index (χ0v) is 17.4. The van der Waals surface area contributed by atoms with E-state index >= 15 is 0 Å². The Morgan fingerprint density at radius 1 is 0.769 bits per heavy atom. The molecule has 2 atom stereocenters. The summed E-state index contributed by atoms with van der Waals surface area (Å²) in [5.74, 6) is 4.82. The van der Waals surface area contributed by atoms with Gasteiger partial charge in [0.25, 0.3) is 0 Å². The molecule has 3 saturated carbocycles. The summed E-state index contributed by atoms with van der Waals surface area (Å²) in [5, 5.41) is 0. The van der Waals surface area contributed by atoms with Gasteiger partial charge in [-0.2, -0.15) is 0 Å². The average Bonchev–Trinajstić information content (AvgIpc) is 2.69. The van der Waals surface area contributed by atoms with Crippen LogP contribution in [0, 0.1) is 29.6 Å². The van der Waals surface area contributed by atoms with Crippen molar-refractivity contribution in [1.29, 1.82) is 0 Å². The SMILES string of the molecule is CCCC1CCC(C2CCC([C@H]3CCC[C@@H](OC(=O)CC)C3)CC2)CC1. The van der Waals surface area contributed by atoms with Crippen LogP contribution < -0.4 is 0 Å². The second-order valence-corrected chi connectivity index (χ2v) is 9.64. The first-order valence-electron chi connectivity index (χ1n) is 11.9. The summed E-state index contributed by atoms with van der Waals surface area (Å²) in [4.78, 5) is 11.6. The molecule has 0 spiro atoms. The fourth-order valence-corrected chi connectivity index (χ4v) is 6.43. The zero-order chi connectivity index (χ0) is 18.4. The highest BCUT2D eigenvalue weighted by Crippen LogP contribution is 2.46. The standard InChI is InChI=1S/C24H42O2/c1-3-6-18-9-11-19(12-10-18)20-13-15-21(16-14-20)22-7-5-8-23(17-22)26-24(25)4-2/h18-23H,3-17H2,1-2H3/t18?,19?,20?,21?,22-,23+/m0/s1. The van der Waals surface area contributed by atoms with Gasteiger partial charge in [-0.15, -0.1) is 0 Å². The van der Waals surface area contributed by atoms with Crippen molar-refractivity contribution in [2.24, 2.45) is 29.6 Å². The van der Waals surface area contributed by atoms with Crippen molar-refractivity contribution in [2.45, 2.75) is 116 Å². The van der Waals surface area contributed by atoms with E-state index in [1.807, 2.05) is 6.92 Å². The smallest absolute Gasteiger partial charge is 0.305 e. The maximum Gasteiger partial charge on any atom is 0.305 e. The second-order valence-electron chi connectivity index (χ2n) is 9.64. The van der Waals surface area contributed by atoms with E-state index in [4.69, 9.17) is 4.74 Å². The van der Waals surface area contributed by atoms with Crippen LogP contribution in [0.2, 0.25) is 0 Å². The molecular weight excluding hydrogens is 320 g/mol. The Kier molecular flexibility index (Phi) is 7.88. The highest BCUT2D eigenvalue weighted by Gasteiger charge is 2.35. The van der Waals surface area contributed by atoms with Crippen LogP contribution in [0.1, 0.15) is 110 Å². The summed E-state index contributed by atoms with van der Waals surface area (Å²) >= 11 is 0. The van der Waals surface area contributed by atoms with Gasteiger partial charge in [0.05, 0.1) is 0 Å². The number of rotatable bonds is 6. The van der Waals surface area contributed by atoms with Crippen molar-refractivity contribution < 1.29 is 9.53 Å². The minimum atomic E-state index is -0.00182. The minimum Gasteiger partial charge on any atom is -0.462 e. The fourth-order valence-electron chi connectivity index (χ4n) is 6.43. The molecule has 150 valence electrons. The number of carbonyl (C=O) groups is 1. The van der Waals surface area contributed by atoms with Crippen molar-refractivity contribution in [2.75, 3.05) is 0 Å². The third-order valence-electron chi connectivity index (χ3n) is 7.99. The topological polar surface area (TPSA) is 26.3 Å². The Labute approximate surface area is 161 Å². The maximum absolute atomic E-state index is 11.6. The number of esters is 1. The molecular formula is C24H42O2. The van der Waals surface area contributed by atoms with Crippen molar-refractivity contribution in [3.05, 3.63) is 0 Å². The quantitative estimate of drug-likeness (QED) is 0.480. The largest absolute Gasteiger partial charge is 0.462 e. The summed E-state index contributed by atoms with van der Waals surface area (Å²) in [6.45, 7) is 4.24. The van der Waals surface area contributed by atoms with E-state index in [2.05, 4.69) is 6.92 Å². The fraction of sp³-hybridized carbons (Fsp3) is 0.958. The van der Waals surface area contributed by atoms with Gasteiger partial charge in [-0.3, -0.25) is 4.79 Å². The summed E-state index contributed by atoms with van der Waals surface area (Å²) < 4.78 is 5.67. The van der Waals surface area contributed by atoms with Crippen LogP contribution in [-0.4, -0.2) is 12.1 Å². The summed E-state index contributed by atoms with van der Waals surface area (Å²) in [5.41, 5.74) is 0. The van der Waals surface area contributed by atoms with Gasteiger partial charge >= 0.3 is 5.97 Å². The highest BCUT2D eigenvalue weighted by molar-refractivity contribution is 5.69. The number of ether oxygens (including phenoxy) is 1. The monoisotopic (exact) mass is 362 g/mol. The Morgan fingerprint density at radius 2 is 1.35 bits per heavy atom. The molecule has 0 radical (unpaired) electrons. The van der Waals surface area contributed by atoms with E-state index in [9.17, 15) is 4.79 Å². The molecule has 26 heavy (non-hydrogen) atoms. The van der Waals surface area contributed by atoms with Gasteiger partial charge in [0.2, 0.25) is 0 Å². The van der Waals surface area contributed by atoms with Crippen molar-refractivity contribution in [3.8, 4) is 0 Å². The molecule has 2 heteroatoms. The van der Waals surface area contributed by atoms with Crippen LogP contribution >= 0.6 is 0 Å². The normalized spacial score (nSPS) is 38.7. The van der Waals surface area contributed by atoms with Gasteiger partial charge in [-0.1, -0.05) is 39.5 Å². The van der Waals surface area contributed by atoms with E-state index in [-0.39, 0.29) is 12.1 Å². The molecule has 2 nitrogen and oxygen atoms in total. The predicted octanol–water partition coefficient (Wildman–Crippen LogP) is 6.91. The molecule has 3 rings (SSSR count). The zero-order valence-electron chi connectivity index (χ0n) is 17.4. The summed E-state index contributed by atoms with van der Waals surface area (Å²) in [6, 6.07) is 0. The molecule has 3 aliphatic rings. The molecule has 0 bridgehead atoms. The van der Waals surface area contributed by atoms with E-state index in [0.717, 1.165) is 42.4 Å². The number of carbonyl (C=O) groups excluding carboxylic acids is 1. The first-order chi connectivity index (χ1) is 12.7. The lowest BCUT2D eigenvalue weighted by atomic mass is 9.65. The van der Waals surface area contributed by atoms with Crippen LogP contribution in [0.3, 0.4) is 0 Å². The van der Waals surface area contributed by atoms with Gasteiger partial charge in [0.1, 0.15) is 6.10 Å². The predicted molar refractivity (Wildman–Crippen MR) is 108 cm³/mol. The Bertz CT molecular complexity index is 416. The maximum atomic E-state index is 11.6. The first kappa shape index (κ1) is 20.2. The van der Waals surface area contributed by atoms with Crippen molar-refractivity contribution >= 4 is 5.97 Å². The molecule has 3 aliphatic carbocycles. The minimum absolute atomic E-state index is 0.00182. The third-order valence-corrected chi connectivity index (χ3v) is 7.99. The van der Waals surface area contributed by atoms with Crippen LogP contribution in [-0.2, 0) is 9.53 Å². The molecule has 0 aromatic carbocycles. The van der Waals surface area contributed by atoms with Crippen LogP contribution in [0.5, 0.6) is 0 Å². The van der Waals surface area contributed by atoms with Gasteiger partial charge in [0.15, 0.2) is 0 Å². The lowest BCUT2D eigenvalue weighted by Crippen LogP contribution is -2.32. The van der Waals surface area contributed by atoms with Gasteiger partial charge < -0.3 is 4.74 Å². The van der Waals surface area contributed by atoms with Crippen LogP contribution in [0.25, 0.3) is 0 Å². The Balaban J connectivity index is 1.40. The molecule has 0 unspecified atom stereocenters. The molecule has 0 amide bonds. The van der Waals surface area contributed by atoms with E-state index in [1.54, 1.807) is 0 Å². The average molecular weight is 363 g/mol. The van der Waals surface area contributed by atoms with Crippen LogP contribution in [0.15, 0.2) is 0 Å². The second kappa shape index (κ2) is 10.1. The molecule has 0 aromatic heterocycles. The highest BCUT2D eigenvalue weighted by atomic mass is 16.5. The van der Waals surface area contributed by atoms with E-state index < -0.39 is 0 Å². The van der Waals surface area contributed by atoms with Gasteiger partial charge in [-0.25, -0.2) is 0 Å².